The van der Waals surface area contributed by atoms with Gasteiger partial charge in [-0.3, -0.25) is 0 Å². The van der Waals surface area contributed by atoms with Crippen molar-refractivity contribution < 1.29 is 14.3 Å². The van der Waals surface area contributed by atoms with Crippen molar-refractivity contribution in [2.24, 2.45) is 5.92 Å². The van der Waals surface area contributed by atoms with Crippen LogP contribution < -0.4 is 5.32 Å². The van der Waals surface area contributed by atoms with Crippen LogP contribution in [0.3, 0.4) is 0 Å². The molecule has 0 atom stereocenters. The molecule has 0 saturated carbocycles. The second-order valence-corrected chi connectivity index (χ2v) is 5.27. The second kappa shape index (κ2) is 8.05. The van der Waals surface area contributed by atoms with Gasteiger partial charge in [-0.1, -0.05) is 25.2 Å². The number of aromatic nitrogens is 1. The van der Waals surface area contributed by atoms with E-state index in [1.54, 1.807) is 0 Å². The topological polar surface area (TPSA) is 60.5 Å². The Morgan fingerprint density at radius 1 is 1.50 bits per heavy atom. The van der Waals surface area contributed by atoms with Crippen LogP contribution in [-0.2, 0) is 9.47 Å². The molecular formula is C12H20N2O3S. The Kier molecular flexibility index (Phi) is 6.67. The van der Waals surface area contributed by atoms with E-state index in [1.807, 2.05) is 0 Å². The molecule has 18 heavy (non-hydrogen) atoms. The first-order chi connectivity index (χ1) is 8.63. The standard InChI is InChI=1S/C12H20N2O3S/c1-9(2)4-6-17-7-5-13-12-14-8-10(18-12)11(15)16-3/h8-9H,4-7H2,1-3H3,(H,13,14). The van der Waals surface area contributed by atoms with Crippen LogP contribution in [0.4, 0.5) is 5.13 Å². The maximum absolute atomic E-state index is 11.2. The van der Waals surface area contributed by atoms with Crippen molar-refractivity contribution in [3.63, 3.8) is 0 Å². The predicted octanol–water partition coefficient (Wildman–Crippen LogP) is 2.40. The molecule has 6 heteroatoms. The highest BCUT2D eigenvalue weighted by Gasteiger charge is 2.09. The lowest BCUT2D eigenvalue weighted by molar-refractivity contribution is 0.0606. The summed E-state index contributed by atoms with van der Waals surface area (Å²) in [6.45, 7) is 6.45. The Morgan fingerprint density at radius 3 is 2.94 bits per heavy atom. The summed E-state index contributed by atoms with van der Waals surface area (Å²) in [5.41, 5.74) is 0. The quantitative estimate of drug-likeness (QED) is 0.581. The lowest BCUT2D eigenvalue weighted by atomic mass is 10.1. The lowest BCUT2D eigenvalue weighted by Crippen LogP contribution is -2.10. The van der Waals surface area contributed by atoms with Gasteiger partial charge in [-0.2, -0.15) is 0 Å². The van der Waals surface area contributed by atoms with Crippen molar-refractivity contribution >= 4 is 22.4 Å². The maximum atomic E-state index is 11.2. The van der Waals surface area contributed by atoms with E-state index in [0.29, 0.717) is 29.1 Å². The average Bonchev–Trinajstić information content (AvgIpc) is 2.81. The van der Waals surface area contributed by atoms with Crippen molar-refractivity contribution in [3.05, 3.63) is 11.1 Å². The molecule has 1 rings (SSSR count). The molecule has 0 aliphatic heterocycles. The van der Waals surface area contributed by atoms with Gasteiger partial charge in [-0.05, 0) is 12.3 Å². The zero-order valence-corrected chi connectivity index (χ0v) is 11.9. The van der Waals surface area contributed by atoms with E-state index in [4.69, 9.17) is 4.74 Å². The van der Waals surface area contributed by atoms with Gasteiger partial charge in [0.05, 0.1) is 19.9 Å². The monoisotopic (exact) mass is 272 g/mol. The fourth-order valence-corrected chi connectivity index (χ4v) is 1.96. The fourth-order valence-electron chi connectivity index (χ4n) is 1.20. The number of hydrogen-bond acceptors (Lipinski definition) is 6. The average molecular weight is 272 g/mol. The van der Waals surface area contributed by atoms with Gasteiger partial charge < -0.3 is 14.8 Å². The van der Waals surface area contributed by atoms with Crippen molar-refractivity contribution in [3.8, 4) is 0 Å². The van der Waals surface area contributed by atoms with Gasteiger partial charge in [0.2, 0.25) is 0 Å². The van der Waals surface area contributed by atoms with E-state index in [0.717, 1.165) is 13.0 Å². The van der Waals surface area contributed by atoms with Crippen LogP contribution >= 0.6 is 11.3 Å². The summed E-state index contributed by atoms with van der Waals surface area (Å²) in [6.07, 6.45) is 2.59. The summed E-state index contributed by atoms with van der Waals surface area (Å²) >= 11 is 1.28. The van der Waals surface area contributed by atoms with E-state index >= 15 is 0 Å². The molecular weight excluding hydrogens is 252 g/mol. The normalized spacial score (nSPS) is 10.7. The van der Waals surface area contributed by atoms with Gasteiger partial charge >= 0.3 is 5.97 Å². The van der Waals surface area contributed by atoms with Crippen molar-refractivity contribution in [1.82, 2.24) is 4.98 Å². The van der Waals surface area contributed by atoms with Crippen LogP contribution in [0.2, 0.25) is 0 Å². The molecule has 1 heterocycles. The van der Waals surface area contributed by atoms with Gasteiger partial charge in [0, 0.05) is 13.2 Å². The van der Waals surface area contributed by atoms with Crippen LogP contribution in [0.5, 0.6) is 0 Å². The predicted molar refractivity (Wildman–Crippen MR) is 72.2 cm³/mol. The minimum Gasteiger partial charge on any atom is -0.465 e. The first-order valence-corrected chi connectivity index (χ1v) is 6.81. The minimum absolute atomic E-state index is 0.353. The third-order valence-corrected chi connectivity index (χ3v) is 3.19. The molecule has 0 radical (unpaired) electrons. The number of rotatable bonds is 8. The molecule has 0 saturated heterocycles. The highest BCUT2D eigenvalue weighted by atomic mass is 32.1. The Labute approximate surface area is 112 Å². The summed E-state index contributed by atoms with van der Waals surface area (Å²) in [5.74, 6) is 0.313. The van der Waals surface area contributed by atoms with Gasteiger partial charge in [-0.25, -0.2) is 9.78 Å². The number of carbonyl (C=O) groups is 1. The smallest absolute Gasteiger partial charge is 0.349 e. The molecule has 0 unspecified atom stereocenters. The zero-order valence-electron chi connectivity index (χ0n) is 11.1. The number of thiazole rings is 1. The van der Waals surface area contributed by atoms with E-state index in [9.17, 15) is 4.79 Å². The maximum Gasteiger partial charge on any atom is 0.349 e. The van der Waals surface area contributed by atoms with E-state index in [-0.39, 0.29) is 5.97 Å². The highest BCUT2D eigenvalue weighted by molar-refractivity contribution is 7.17. The Bertz CT molecular complexity index is 366. The Morgan fingerprint density at radius 2 is 2.28 bits per heavy atom. The van der Waals surface area contributed by atoms with Crippen molar-refractivity contribution in [2.75, 3.05) is 32.2 Å². The largest absolute Gasteiger partial charge is 0.465 e. The van der Waals surface area contributed by atoms with Crippen LogP contribution in [0.15, 0.2) is 6.20 Å². The molecule has 102 valence electrons. The Balaban J connectivity index is 2.16. The third-order valence-electron chi connectivity index (χ3n) is 2.25. The molecule has 0 aromatic carbocycles. The molecule has 1 aromatic rings. The summed E-state index contributed by atoms with van der Waals surface area (Å²) in [6, 6.07) is 0. The number of esters is 1. The molecule has 0 aliphatic rings. The summed E-state index contributed by atoms with van der Waals surface area (Å²) in [4.78, 5) is 15.8. The Hall–Kier alpha value is -1.14. The number of carbonyl (C=O) groups excluding carboxylic acids is 1. The first-order valence-electron chi connectivity index (χ1n) is 5.99. The van der Waals surface area contributed by atoms with Crippen LogP contribution in [0.25, 0.3) is 0 Å². The number of methoxy groups -OCH3 is 1. The number of hydrogen-bond donors (Lipinski definition) is 1. The SMILES string of the molecule is COC(=O)c1cnc(NCCOCCC(C)C)s1. The van der Waals surface area contributed by atoms with Gasteiger partial charge in [-0.15, -0.1) is 0 Å². The number of nitrogens with zero attached hydrogens (tertiary/aromatic N) is 1. The minimum atomic E-state index is -0.353. The first kappa shape index (κ1) is 14.9. The molecule has 5 nitrogen and oxygen atoms in total. The molecule has 1 N–H and O–H groups in total. The summed E-state index contributed by atoms with van der Waals surface area (Å²) < 4.78 is 10.1. The van der Waals surface area contributed by atoms with E-state index in [2.05, 4.69) is 28.9 Å². The molecule has 0 spiro atoms. The molecule has 0 fully saturated rings. The summed E-state index contributed by atoms with van der Waals surface area (Å²) in [5, 5.41) is 3.82. The van der Waals surface area contributed by atoms with E-state index in [1.165, 1.54) is 24.6 Å². The van der Waals surface area contributed by atoms with Crippen LogP contribution in [0.1, 0.15) is 29.9 Å². The summed E-state index contributed by atoms with van der Waals surface area (Å²) in [7, 11) is 1.36. The number of nitrogens with one attached hydrogen (secondary N) is 1. The fraction of sp³-hybridized carbons (Fsp3) is 0.667. The molecule has 0 bridgehead atoms. The molecule has 0 aliphatic carbocycles. The zero-order chi connectivity index (χ0) is 13.4. The number of ether oxygens (including phenoxy) is 2. The number of anilines is 1. The highest BCUT2D eigenvalue weighted by Crippen LogP contribution is 2.18. The molecule has 1 aromatic heterocycles. The van der Waals surface area contributed by atoms with Gasteiger partial charge in [0.15, 0.2) is 5.13 Å². The van der Waals surface area contributed by atoms with Gasteiger partial charge in [0.1, 0.15) is 4.88 Å². The van der Waals surface area contributed by atoms with Gasteiger partial charge in [0.25, 0.3) is 0 Å². The second-order valence-electron chi connectivity index (χ2n) is 4.24. The van der Waals surface area contributed by atoms with E-state index < -0.39 is 0 Å². The van der Waals surface area contributed by atoms with Crippen molar-refractivity contribution in [2.45, 2.75) is 20.3 Å². The lowest BCUT2D eigenvalue weighted by Gasteiger charge is -2.06. The van der Waals surface area contributed by atoms with Crippen molar-refractivity contribution in [1.29, 1.82) is 0 Å². The third kappa shape index (κ3) is 5.46. The van der Waals surface area contributed by atoms with Crippen LogP contribution in [-0.4, -0.2) is 37.8 Å². The molecule has 0 amide bonds. The van der Waals surface area contributed by atoms with Crippen LogP contribution in [0, 0.1) is 5.92 Å².